The van der Waals surface area contributed by atoms with Crippen LogP contribution in [0.3, 0.4) is 0 Å². The summed E-state index contributed by atoms with van der Waals surface area (Å²) in [4.78, 5) is 15.7. The van der Waals surface area contributed by atoms with Gasteiger partial charge in [-0.2, -0.15) is 11.3 Å². The second kappa shape index (κ2) is 5.04. The highest BCUT2D eigenvalue weighted by Crippen LogP contribution is 2.27. The Kier molecular flexibility index (Phi) is 3.66. The number of hydrogen-bond donors (Lipinski definition) is 1. The minimum atomic E-state index is -0.208. The molecule has 17 heavy (non-hydrogen) atoms. The molecular formula is C11H8Cl2N2OS. The number of carbonyl (C=O) groups is 1. The molecule has 0 aliphatic heterocycles. The molecule has 0 radical (unpaired) electrons. The van der Waals surface area contributed by atoms with E-state index >= 15 is 0 Å². The predicted octanol–water partition coefficient (Wildman–Crippen LogP) is 4.01. The summed E-state index contributed by atoms with van der Waals surface area (Å²) in [5, 5.41) is 6.82. The number of anilines is 1. The molecule has 0 bridgehead atoms. The molecule has 1 amide bonds. The molecule has 2 aromatic heterocycles. The van der Waals surface area contributed by atoms with Crippen LogP contribution in [0.15, 0.2) is 22.9 Å². The van der Waals surface area contributed by atoms with Crippen LogP contribution in [-0.2, 0) is 0 Å². The third kappa shape index (κ3) is 2.77. The molecule has 3 nitrogen and oxygen atoms in total. The largest absolute Gasteiger partial charge is 0.319 e. The minimum Gasteiger partial charge on any atom is -0.319 e. The second-order valence-electron chi connectivity index (χ2n) is 3.39. The maximum Gasteiger partial charge on any atom is 0.256 e. The number of rotatable bonds is 2. The van der Waals surface area contributed by atoms with Crippen LogP contribution in [0.2, 0.25) is 10.3 Å². The quantitative estimate of drug-likeness (QED) is 0.848. The molecule has 6 heteroatoms. The second-order valence-corrected chi connectivity index (χ2v) is 4.92. The Morgan fingerprint density at radius 1 is 1.47 bits per heavy atom. The summed E-state index contributed by atoms with van der Waals surface area (Å²) in [6.45, 7) is 1.81. The fourth-order valence-corrected chi connectivity index (χ4v) is 2.54. The Balaban J connectivity index is 2.28. The first kappa shape index (κ1) is 12.4. The zero-order chi connectivity index (χ0) is 12.4. The van der Waals surface area contributed by atoms with Gasteiger partial charge in [0.15, 0.2) is 5.15 Å². The number of aryl methyl sites for hydroxylation is 1. The lowest BCUT2D eigenvalue weighted by Gasteiger charge is -2.09. The number of halogens is 2. The van der Waals surface area contributed by atoms with Gasteiger partial charge in [-0.25, -0.2) is 4.98 Å². The van der Waals surface area contributed by atoms with E-state index in [1.165, 1.54) is 11.3 Å². The SMILES string of the molecule is Cc1cc(Cl)nc(Cl)c1NC(=O)c1ccsc1. The lowest BCUT2D eigenvalue weighted by Crippen LogP contribution is -2.12. The third-order valence-electron chi connectivity index (χ3n) is 2.16. The van der Waals surface area contributed by atoms with Gasteiger partial charge in [0, 0.05) is 5.38 Å². The maximum atomic E-state index is 11.8. The fourth-order valence-electron chi connectivity index (χ4n) is 1.32. The van der Waals surface area contributed by atoms with E-state index < -0.39 is 0 Å². The summed E-state index contributed by atoms with van der Waals surface area (Å²) in [7, 11) is 0. The monoisotopic (exact) mass is 286 g/mol. The van der Waals surface area contributed by atoms with E-state index in [2.05, 4.69) is 10.3 Å². The first-order valence-corrected chi connectivity index (χ1v) is 6.44. The van der Waals surface area contributed by atoms with Crippen LogP contribution in [-0.4, -0.2) is 10.9 Å². The number of nitrogens with zero attached hydrogens (tertiary/aromatic N) is 1. The zero-order valence-corrected chi connectivity index (χ0v) is 11.2. The highest BCUT2D eigenvalue weighted by atomic mass is 35.5. The zero-order valence-electron chi connectivity index (χ0n) is 8.83. The average Bonchev–Trinajstić information content (AvgIpc) is 2.76. The summed E-state index contributed by atoms with van der Waals surface area (Å²) >= 11 is 13.1. The van der Waals surface area contributed by atoms with Crippen LogP contribution in [0.1, 0.15) is 15.9 Å². The van der Waals surface area contributed by atoms with Crippen molar-refractivity contribution in [1.82, 2.24) is 4.98 Å². The van der Waals surface area contributed by atoms with E-state index in [0.717, 1.165) is 5.56 Å². The number of carbonyl (C=O) groups excluding carboxylic acids is 1. The van der Waals surface area contributed by atoms with E-state index in [1.807, 2.05) is 12.3 Å². The number of nitrogens with one attached hydrogen (secondary N) is 1. The van der Waals surface area contributed by atoms with Gasteiger partial charge in [0.1, 0.15) is 5.15 Å². The molecule has 88 valence electrons. The molecule has 0 spiro atoms. The van der Waals surface area contributed by atoms with Crippen LogP contribution >= 0.6 is 34.5 Å². The van der Waals surface area contributed by atoms with Gasteiger partial charge < -0.3 is 5.32 Å². The molecule has 0 saturated heterocycles. The van der Waals surface area contributed by atoms with Crippen LogP contribution in [0.4, 0.5) is 5.69 Å². The van der Waals surface area contributed by atoms with Crippen molar-refractivity contribution in [2.45, 2.75) is 6.92 Å². The van der Waals surface area contributed by atoms with Crippen molar-refractivity contribution in [2.75, 3.05) is 5.32 Å². The topological polar surface area (TPSA) is 42.0 Å². The smallest absolute Gasteiger partial charge is 0.256 e. The van der Waals surface area contributed by atoms with Gasteiger partial charge in [-0.15, -0.1) is 0 Å². The molecule has 0 unspecified atom stereocenters. The Hall–Kier alpha value is -1.10. The minimum absolute atomic E-state index is 0.193. The van der Waals surface area contributed by atoms with Crippen LogP contribution < -0.4 is 5.32 Å². The molecule has 0 aromatic carbocycles. The van der Waals surface area contributed by atoms with Crippen LogP contribution in [0.5, 0.6) is 0 Å². The van der Waals surface area contributed by atoms with E-state index in [4.69, 9.17) is 23.2 Å². The Labute approximate surface area is 112 Å². The lowest BCUT2D eigenvalue weighted by molar-refractivity contribution is 0.102. The number of aromatic nitrogens is 1. The molecule has 2 aromatic rings. The number of amides is 1. The van der Waals surface area contributed by atoms with Gasteiger partial charge in [-0.1, -0.05) is 23.2 Å². The molecule has 0 aliphatic rings. The van der Waals surface area contributed by atoms with E-state index in [-0.39, 0.29) is 11.1 Å². The van der Waals surface area contributed by atoms with Crippen molar-refractivity contribution in [2.24, 2.45) is 0 Å². The van der Waals surface area contributed by atoms with Crippen molar-refractivity contribution >= 4 is 46.1 Å². The molecule has 1 N–H and O–H groups in total. The predicted molar refractivity (Wildman–Crippen MR) is 71.3 cm³/mol. The first-order chi connectivity index (χ1) is 8.08. The van der Waals surface area contributed by atoms with Crippen molar-refractivity contribution < 1.29 is 4.79 Å². The summed E-state index contributed by atoms with van der Waals surface area (Å²) in [6.07, 6.45) is 0. The summed E-state index contributed by atoms with van der Waals surface area (Å²) < 4.78 is 0. The van der Waals surface area contributed by atoms with E-state index in [1.54, 1.807) is 17.5 Å². The van der Waals surface area contributed by atoms with Crippen molar-refractivity contribution in [1.29, 1.82) is 0 Å². The fraction of sp³-hybridized carbons (Fsp3) is 0.0909. The molecule has 2 rings (SSSR count). The maximum absolute atomic E-state index is 11.8. The van der Waals surface area contributed by atoms with Gasteiger partial charge in [-0.05, 0) is 30.0 Å². The molecule has 0 atom stereocenters. The Morgan fingerprint density at radius 3 is 2.82 bits per heavy atom. The van der Waals surface area contributed by atoms with Crippen LogP contribution in [0.25, 0.3) is 0 Å². The standard InChI is InChI=1S/C11H8Cl2N2OS/c1-6-4-8(12)14-10(13)9(6)15-11(16)7-2-3-17-5-7/h2-5H,1H3,(H,15,16). The summed E-state index contributed by atoms with van der Waals surface area (Å²) in [6, 6.07) is 3.39. The van der Waals surface area contributed by atoms with Gasteiger partial charge in [-0.3, -0.25) is 4.79 Å². The third-order valence-corrected chi connectivity index (χ3v) is 3.31. The average molecular weight is 287 g/mol. The van der Waals surface area contributed by atoms with Crippen molar-refractivity contribution in [3.63, 3.8) is 0 Å². The number of thiophene rings is 1. The van der Waals surface area contributed by atoms with Gasteiger partial charge in [0.2, 0.25) is 0 Å². The lowest BCUT2D eigenvalue weighted by atomic mass is 10.2. The van der Waals surface area contributed by atoms with Gasteiger partial charge in [0.25, 0.3) is 5.91 Å². The van der Waals surface area contributed by atoms with Crippen molar-refractivity contribution in [3.05, 3.63) is 44.3 Å². The van der Waals surface area contributed by atoms with Crippen LogP contribution in [0, 0.1) is 6.92 Å². The molecule has 0 saturated carbocycles. The number of pyridine rings is 1. The summed E-state index contributed by atoms with van der Waals surface area (Å²) in [5.74, 6) is -0.208. The molecule has 0 aliphatic carbocycles. The molecular weight excluding hydrogens is 279 g/mol. The first-order valence-electron chi connectivity index (χ1n) is 4.74. The molecule has 0 fully saturated rings. The van der Waals surface area contributed by atoms with Gasteiger partial charge in [0.05, 0.1) is 11.3 Å². The highest BCUT2D eigenvalue weighted by Gasteiger charge is 2.12. The Morgan fingerprint density at radius 2 is 2.24 bits per heavy atom. The van der Waals surface area contributed by atoms with Gasteiger partial charge >= 0.3 is 0 Å². The van der Waals surface area contributed by atoms with Crippen molar-refractivity contribution in [3.8, 4) is 0 Å². The number of hydrogen-bond acceptors (Lipinski definition) is 3. The van der Waals surface area contributed by atoms with E-state index in [0.29, 0.717) is 16.4 Å². The summed E-state index contributed by atoms with van der Waals surface area (Å²) in [5.41, 5.74) is 1.87. The Bertz CT molecular complexity index is 532. The van der Waals surface area contributed by atoms with E-state index in [9.17, 15) is 4.79 Å². The molecule has 2 heterocycles. The highest BCUT2D eigenvalue weighted by molar-refractivity contribution is 7.08. The normalized spacial score (nSPS) is 10.3.